The maximum Gasteiger partial charge on any atom is 0.335 e. The van der Waals surface area contributed by atoms with Gasteiger partial charge in [-0.15, -0.1) is 0 Å². The summed E-state index contributed by atoms with van der Waals surface area (Å²) in [5.41, 5.74) is 2.62. The molecule has 0 amide bonds. The lowest BCUT2D eigenvalue weighted by Crippen LogP contribution is -2.36. The average molecular weight is 231 g/mol. The van der Waals surface area contributed by atoms with Crippen molar-refractivity contribution in [3.8, 4) is 0 Å². The van der Waals surface area contributed by atoms with E-state index in [1.54, 1.807) is 0 Å². The van der Waals surface area contributed by atoms with Crippen molar-refractivity contribution in [2.75, 3.05) is 13.1 Å². The Labute approximate surface area is 101 Å². The molecule has 0 aromatic heterocycles. The van der Waals surface area contributed by atoms with E-state index >= 15 is 0 Å². The van der Waals surface area contributed by atoms with E-state index < -0.39 is 5.60 Å². The van der Waals surface area contributed by atoms with Crippen molar-refractivity contribution in [1.29, 1.82) is 0 Å². The first kappa shape index (κ1) is 10.8. The third-order valence-corrected chi connectivity index (χ3v) is 3.88. The normalized spacial score (nSPS) is 32.3. The van der Waals surface area contributed by atoms with Crippen LogP contribution in [0.3, 0.4) is 0 Å². The number of ether oxygens (including phenoxy) is 1. The number of hydrogen-bond acceptors (Lipinski definition) is 3. The van der Waals surface area contributed by atoms with Crippen molar-refractivity contribution in [2.24, 2.45) is 0 Å². The lowest BCUT2D eigenvalue weighted by Gasteiger charge is -2.30. The van der Waals surface area contributed by atoms with Gasteiger partial charge in [0, 0.05) is 17.7 Å². The first-order chi connectivity index (χ1) is 8.22. The Morgan fingerprint density at radius 2 is 2.29 bits per heavy atom. The quantitative estimate of drug-likeness (QED) is 0.700. The molecule has 1 unspecified atom stereocenters. The summed E-state index contributed by atoms with van der Waals surface area (Å²) >= 11 is 0. The Hall–Kier alpha value is -1.35. The largest absolute Gasteiger partial charge is 0.446 e. The van der Waals surface area contributed by atoms with E-state index in [1.165, 1.54) is 0 Å². The molecule has 3 rings (SSSR count). The molecule has 1 N–H and O–H groups in total. The second-order valence-corrected chi connectivity index (χ2v) is 4.95. The van der Waals surface area contributed by atoms with Gasteiger partial charge in [0.25, 0.3) is 0 Å². The molecule has 90 valence electrons. The van der Waals surface area contributed by atoms with Gasteiger partial charge in [-0.3, -0.25) is 0 Å². The average Bonchev–Trinajstić information content (AvgIpc) is 2.65. The van der Waals surface area contributed by atoms with Crippen LogP contribution in [0.25, 0.3) is 0 Å². The fourth-order valence-corrected chi connectivity index (χ4v) is 2.88. The Bertz CT molecular complexity index is 459. The molecule has 1 atom stereocenters. The molecule has 3 aliphatic rings. The van der Waals surface area contributed by atoms with Crippen LogP contribution in [0.1, 0.15) is 26.2 Å². The molecule has 0 spiro atoms. The van der Waals surface area contributed by atoms with Crippen molar-refractivity contribution in [3.05, 3.63) is 34.9 Å². The first-order valence-corrected chi connectivity index (χ1v) is 6.25. The topological polar surface area (TPSA) is 38.3 Å². The van der Waals surface area contributed by atoms with E-state index in [4.69, 9.17) is 4.74 Å². The van der Waals surface area contributed by atoms with Crippen LogP contribution in [0, 0.1) is 0 Å². The van der Waals surface area contributed by atoms with Gasteiger partial charge in [0.15, 0.2) is 5.60 Å². The van der Waals surface area contributed by atoms with Crippen LogP contribution in [-0.4, -0.2) is 24.7 Å². The standard InChI is InChI=1S/C14H17NO2/c1-14(10-5-3-2-4-6-10)12-9-15-8-7-11(12)13(16)17-14/h3,5-6,15H,2,4,7-9H2,1H3. The molecule has 0 fully saturated rings. The van der Waals surface area contributed by atoms with Crippen molar-refractivity contribution in [1.82, 2.24) is 5.32 Å². The van der Waals surface area contributed by atoms with Gasteiger partial charge in [-0.2, -0.15) is 0 Å². The van der Waals surface area contributed by atoms with Gasteiger partial charge in [-0.05, 0) is 38.3 Å². The Kier molecular flexibility index (Phi) is 2.44. The van der Waals surface area contributed by atoms with Crippen molar-refractivity contribution >= 4 is 5.97 Å². The SMILES string of the molecule is CC1(C2=CCCC=C2)OC(=O)C2=C1CNCC2. The monoisotopic (exact) mass is 231 g/mol. The third kappa shape index (κ3) is 1.57. The summed E-state index contributed by atoms with van der Waals surface area (Å²) in [6.45, 7) is 3.66. The van der Waals surface area contributed by atoms with Gasteiger partial charge in [0.05, 0.1) is 0 Å². The molecule has 1 aliphatic carbocycles. The molecule has 0 saturated carbocycles. The van der Waals surface area contributed by atoms with Crippen LogP contribution in [0.15, 0.2) is 34.9 Å². The fourth-order valence-electron chi connectivity index (χ4n) is 2.88. The zero-order valence-electron chi connectivity index (χ0n) is 10.1. The molecule has 0 aromatic carbocycles. The number of rotatable bonds is 1. The number of hydrogen-bond donors (Lipinski definition) is 1. The Morgan fingerprint density at radius 1 is 1.41 bits per heavy atom. The molecular weight excluding hydrogens is 214 g/mol. The van der Waals surface area contributed by atoms with Crippen LogP contribution >= 0.6 is 0 Å². The first-order valence-electron chi connectivity index (χ1n) is 6.25. The molecule has 0 aromatic rings. The molecule has 3 nitrogen and oxygen atoms in total. The van der Waals surface area contributed by atoms with E-state index in [0.717, 1.165) is 49.1 Å². The number of cyclic esters (lactones) is 1. The second-order valence-electron chi connectivity index (χ2n) is 4.95. The van der Waals surface area contributed by atoms with Gasteiger partial charge in [0.1, 0.15) is 0 Å². The zero-order chi connectivity index (χ0) is 11.9. The number of esters is 1. The Balaban J connectivity index is 2.03. The van der Waals surface area contributed by atoms with Gasteiger partial charge >= 0.3 is 5.97 Å². The lowest BCUT2D eigenvalue weighted by atomic mass is 9.82. The van der Waals surface area contributed by atoms with E-state index in [9.17, 15) is 4.79 Å². The molecular formula is C14H17NO2. The lowest BCUT2D eigenvalue weighted by molar-refractivity contribution is -0.143. The second kappa shape index (κ2) is 3.84. The predicted octanol–water partition coefficient (Wildman–Crippen LogP) is 1.87. The van der Waals surface area contributed by atoms with Crippen LogP contribution < -0.4 is 5.32 Å². The summed E-state index contributed by atoms with van der Waals surface area (Å²) in [7, 11) is 0. The number of carbonyl (C=O) groups is 1. The van der Waals surface area contributed by atoms with Gasteiger partial charge in [-0.1, -0.05) is 18.2 Å². The maximum atomic E-state index is 11.9. The van der Waals surface area contributed by atoms with E-state index in [2.05, 4.69) is 23.5 Å². The summed E-state index contributed by atoms with van der Waals surface area (Å²) in [5, 5.41) is 3.33. The minimum absolute atomic E-state index is 0.121. The third-order valence-electron chi connectivity index (χ3n) is 3.88. The van der Waals surface area contributed by atoms with Crippen LogP contribution in [-0.2, 0) is 9.53 Å². The highest BCUT2D eigenvalue weighted by Gasteiger charge is 2.46. The summed E-state index contributed by atoms with van der Waals surface area (Å²) < 4.78 is 5.66. The van der Waals surface area contributed by atoms with Crippen LogP contribution in [0.5, 0.6) is 0 Å². The maximum absolute atomic E-state index is 11.9. The molecule has 2 aliphatic heterocycles. The molecule has 17 heavy (non-hydrogen) atoms. The minimum Gasteiger partial charge on any atom is -0.446 e. The van der Waals surface area contributed by atoms with E-state index in [1.807, 2.05) is 6.92 Å². The van der Waals surface area contributed by atoms with Gasteiger partial charge < -0.3 is 10.1 Å². The molecule has 3 heteroatoms. The van der Waals surface area contributed by atoms with Crippen molar-refractivity contribution in [3.63, 3.8) is 0 Å². The molecule has 0 bridgehead atoms. The summed E-state index contributed by atoms with van der Waals surface area (Å²) in [6, 6.07) is 0. The Morgan fingerprint density at radius 3 is 3.06 bits per heavy atom. The highest BCUT2D eigenvalue weighted by atomic mass is 16.6. The van der Waals surface area contributed by atoms with Gasteiger partial charge in [0.2, 0.25) is 0 Å². The summed E-state index contributed by atoms with van der Waals surface area (Å²) in [6.07, 6.45) is 9.36. The highest BCUT2D eigenvalue weighted by molar-refractivity contribution is 5.94. The van der Waals surface area contributed by atoms with E-state index in [0.29, 0.717) is 0 Å². The van der Waals surface area contributed by atoms with Crippen molar-refractivity contribution in [2.45, 2.75) is 31.8 Å². The van der Waals surface area contributed by atoms with Crippen LogP contribution in [0.2, 0.25) is 0 Å². The van der Waals surface area contributed by atoms with Crippen molar-refractivity contribution < 1.29 is 9.53 Å². The number of carbonyl (C=O) groups excluding carboxylic acids is 1. The number of allylic oxidation sites excluding steroid dienone is 2. The highest BCUT2D eigenvalue weighted by Crippen LogP contribution is 2.41. The predicted molar refractivity (Wildman–Crippen MR) is 65.5 cm³/mol. The summed E-state index contributed by atoms with van der Waals surface area (Å²) in [4.78, 5) is 11.9. The summed E-state index contributed by atoms with van der Waals surface area (Å²) in [5.74, 6) is -0.121. The number of nitrogens with one attached hydrogen (secondary N) is 1. The van der Waals surface area contributed by atoms with Gasteiger partial charge in [-0.25, -0.2) is 4.79 Å². The molecule has 2 heterocycles. The molecule has 0 radical (unpaired) electrons. The minimum atomic E-state index is -0.531. The smallest absolute Gasteiger partial charge is 0.335 e. The van der Waals surface area contributed by atoms with E-state index in [-0.39, 0.29) is 5.97 Å². The van der Waals surface area contributed by atoms with Crippen LogP contribution in [0.4, 0.5) is 0 Å². The molecule has 0 saturated heterocycles. The fraction of sp³-hybridized carbons (Fsp3) is 0.500. The zero-order valence-corrected chi connectivity index (χ0v) is 10.1.